The van der Waals surface area contributed by atoms with E-state index in [1.807, 2.05) is 0 Å². The fraction of sp³-hybridized carbons (Fsp3) is 0.150. The largest absolute Gasteiger partial charge is 0.497 e. The lowest BCUT2D eigenvalue weighted by Gasteiger charge is -2.14. The second kappa shape index (κ2) is 9.53. The summed E-state index contributed by atoms with van der Waals surface area (Å²) in [7, 11) is 1.52. The molecule has 0 bridgehead atoms. The maximum absolute atomic E-state index is 13.1. The fourth-order valence-corrected chi connectivity index (χ4v) is 2.32. The van der Waals surface area contributed by atoms with Crippen LogP contribution in [0, 0.1) is 17.1 Å². The van der Waals surface area contributed by atoms with Crippen LogP contribution in [-0.2, 0) is 14.3 Å². The van der Waals surface area contributed by atoms with Gasteiger partial charge >= 0.3 is 5.97 Å². The third-order valence-corrected chi connectivity index (χ3v) is 3.92. The number of hydrogen-bond donors (Lipinski definition) is 1. The van der Waals surface area contributed by atoms with Crippen LogP contribution >= 0.6 is 11.6 Å². The Morgan fingerprint density at radius 1 is 1.25 bits per heavy atom. The van der Waals surface area contributed by atoms with E-state index >= 15 is 0 Å². The lowest BCUT2D eigenvalue weighted by molar-refractivity contribution is -0.148. The van der Waals surface area contributed by atoms with E-state index in [2.05, 4.69) is 5.32 Å². The van der Waals surface area contributed by atoms with Crippen molar-refractivity contribution < 1.29 is 23.5 Å². The predicted octanol–water partition coefficient (Wildman–Crippen LogP) is 3.97. The molecule has 0 radical (unpaired) electrons. The minimum absolute atomic E-state index is 0.00370. The molecule has 0 unspecified atom stereocenters. The number of anilines is 1. The van der Waals surface area contributed by atoms with Gasteiger partial charge in [-0.1, -0.05) is 23.7 Å². The molecule has 0 aromatic heterocycles. The van der Waals surface area contributed by atoms with Crippen LogP contribution in [0.4, 0.5) is 10.1 Å². The molecule has 1 atom stereocenters. The molecule has 8 heteroatoms. The van der Waals surface area contributed by atoms with Gasteiger partial charge in [0.2, 0.25) is 0 Å². The second-order valence-electron chi connectivity index (χ2n) is 5.60. The van der Waals surface area contributed by atoms with E-state index in [1.54, 1.807) is 30.3 Å². The van der Waals surface area contributed by atoms with Crippen LogP contribution in [0.3, 0.4) is 0 Å². The number of methoxy groups -OCH3 is 1. The molecule has 2 aromatic rings. The Kier molecular flexibility index (Phi) is 7.13. The number of esters is 1. The minimum Gasteiger partial charge on any atom is -0.497 e. The van der Waals surface area contributed by atoms with Gasteiger partial charge in [0.15, 0.2) is 6.10 Å². The van der Waals surface area contributed by atoms with Crippen LogP contribution in [0.5, 0.6) is 5.75 Å². The molecule has 0 saturated heterocycles. The van der Waals surface area contributed by atoms with Gasteiger partial charge in [-0.05, 0) is 48.9 Å². The first kappa shape index (κ1) is 20.9. The number of amides is 1. The molecular formula is C20H16ClFN2O4. The van der Waals surface area contributed by atoms with E-state index in [-0.39, 0.29) is 16.3 Å². The normalized spacial score (nSPS) is 11.9. The van der Waals surface area contributed by atoms with Gasteiger partial charge in [0.25, 0.3) is 5.91 Å². The highest BCUT2D eigenvalue weighted by molar-refractivity contribution is 6.33. The van der Waals surface area contributed by atoms with Gasteiger partial charge < -0.3 is 14.8 Å². The monoisotopic (exact) mass is 402 g/mol. The summed E-state index contributed by atoms with van der Waals surface area (Å²) in [4.78, 5) is 24.4. The molecule has 144 valence electrons. The quantitative estimate of drug-likeness (QED) is 0.448. The summed E-state index contributed by atoms with van der Waals surface area (Å²) in [5.74, 6) is -1.55. The smallest absolute Gasteiger partial charge is 0.349 e. The van der Waals surface area contributed by atoms with Crippen molar-refractivity contribution in [3.05, 3.63) is 64.4 Å². The predicted molar refractivity (Wildman–Crippen MR) is 102 cm³/mol. The number of carbonyl (C=O) groups excluding carboxylic acids is 2. The summed E-state index contributed by atoms with van der Waals surface area (Å²) in [6, 6.07) is 11.9. The summed E-state index contributed by atoms with van der Waals surface area (Å²) in [5, 5.41) is 11.6. The van der Waals surface area contributed by atoms with Crippen molar-refractivity contribution in [2.24, 2.45) is 0 Å². The van der Waals surface area contributed by atoms with Crippen molar-refractivity contribution in [2.75, 3.05) is 12.4 Å². The van der Waals surface area contributed by atoms with Crippen molar-refractivity contribution >= 4 is 35.2 Å². The van der Waals surface area contributed by atoms with E-state index in [0.717, 1.165) is 12.1 Å². The van der Waals surface area contributed by atoms with Gasteiger partial charge in [0.1, 0.15) is 23.2 Å². The van der Waals surface area contributed by atoms with E-state index in [4.69, 9.17) is 21.1 Å². The molecule has 0 heterocycles. The Balaban J connectivity index is 2.05. The third-order valence-electron chi connectivity index (χ3n) is 3.61. The molecular weight excluding hydrogens is 387 g/mol. The highest BCUT2D eigenvalue weighted by Crippen LogP contribution is 2.22. The molecule has 0 spiro atoms. The Morgan fingerprint density at radius 3 is 2.50 bits per heavy atom. The van der Waals surface area contributed by atoms with Crippen LogP contribution in [-0.4, -0.2) is 25.1 Å². The van der Waals surface area contributed by atoms with Gasteiger partial charge in [-0.2, -0.15) is 5.26 Å². The number of rotatable bonds is 6. The first-order valence-corrected chi connectivity index (χ1v) is 8.44. The number of nitriles is 1. The molecule has 0 aliphatic rings. The molecule has 6 nitrogen and oxygen atoms in total. The van der Waals surface area contributed by atoms with Crippen molar-refractivity contribution in [3.8, 4) is 11.8 Å². The molecule has 0 aliphatic carbocycles. The van der Waals surface area contributed by atoms with Crippen LogP contribution in [0.1, 0.15) is 12.5 Å². The molecule has 1 amide bonds. The van der Waals surface area contributed by atoms with Gasteiger partial charge in [-0.3, -0.25) is 4.79 Å². The number of benzene rings is 2. The maximum Gasteiger partial charge on any atom is 0.349 e. The van der Waals surface area contributed by atoms with Gasteiger partial charge in [-0.25, -0.2) is 9.18 Å². The van der Waals surface area contributed by atoms with Crippen LogP contribution < -0.4 is 10.1 Å². The molecule has 2 aromatic carbocycles. The van der Waals surface area contributed by atoms with Crippen LogP contribution in [0.25, 0.3) is 6.08 Å². The number of nitrogens with one attached hydrogen (secondary N) is 1. The number of carbonyl (C=O) groups is 2. The average Bonchev–Trinajstić information content (AvgIpc) is 2.68. The summed E-state index contributed by atoms with van der Waals surface area (Å²) >= 11 is 5.85. The van der Waals surface area contributed by atoms with Crippen molar-refractivity contribution in [1.29, 1.82) is 5.26 Å². The number of hydrogen-bond acceptors (Lipinski definition) is 5. The Labute approximate surface area is 166 Å². The van der Waals surface area contributed by atoms with E-state index in [0.29, 0.717) is 11.3 Å². The Hall–Kier alpha value is -3.37. The van der Waals surface area contributed by atoms with Crippen LogP contribution in [0.15, 0.2) is 48.0 Å². The summed E-state index contributed by atoms with van der Waals surface area (Å²) in [5.41, 5.74) is 0.486. The number of halogens is 2. The zero-order valence-corrected chi connectivity index (χ0v) is 15.8. The molecule has 28 heavy (non-hydrogen) atoms. The fourth-order valence-electron chi connectivity index (χ4n) is 2.11. The molecule has 0 saturated carbocycles. The van der Waals surface area contributed by atoms with Crippen LogP contribution in [0.2, 0.25) is 5.02 Å². The topological polar surface area (TPSA) is 88.4 Å². The summed E-state index contributed by atoms with van der Waals surface area (Å²) in [6.07, 6.45) is 0.129. The van der Waals surface area contributed by atoms with E-state index in [1.165, 1.54) is 26.2 Å². The Bertz CT molecular complexity index is 952. The lowest BCUT2D eigenvalue weighted by Crippen LogP contribution is -2.30. The highest BCUT2D eigenvalue weighted by Gasteiger charge is 2.21. The number of nitrogens with zero attached hydrogens (tertiary/aromatic N) is 1. The first-order chi connectivity index (χ1) is 13.3. The standard InChI is InChI=1S/C20H16ClFN2O4/c1-12(19(25)24-18-8-5-15(22)10-17(18)21)28-20(26)14(11-23)9-13-3-6-16(27-2)7-4-13/h3-10,12H,1-2H3,(H,24,25)/b14-9+/t12-/m1/s1. The van der Waals surface area contributed by atoms with Crippen molar-refractivity contribution in [1.82, 2.24) is 0 Å². The first-order valence-electron chi connectivity index (χ1n) is 8.06. The minimum atomic E-state index is -1.21. The van der Waals surface area contributed by atoms with Gasteiger partial charge in [0, 0.05) is 0 Å². The summed E-state index contributed by atoms with van der Waals surface area (Å²) in [6.45, 7) is 1.34. The lowest BCUT2D eigenvalue weighted by atomic mass is 10.1. The van der Waals surface area contributed by atoms with Crippen molar-refractivity contribution in [2.45, 2.75) is 13.0 Å². The molecule has 1 N–H and O–H groups in total. The third kappa shape index (κ3) is 5.56. The zero-order chi connectivity index (χ0) is 20.7. The highest BCUT2D eigenvalue weighted by atomic mass is 35.5. The van der Waals surface area contributed by atoms with E-state index < -0.39 is 23.8 Å². The maximum atomic E-state index is 13.1. The van der Waals surface area contributed by atoms with Crippen molar-refractivity contribution in [3.63, 3.8) is 0 Å². The molecule has 2 rings (SSSR count). The molecule has 0 aliphatic heterocycles. The van der Waals surface area contributed by atoms with Gasteiger partial charge in [0.05, 0.1) is 17.8 Å². The Morgan fingerprint density at radius 2 is 1.93 bits per heavy atom. The van der Waals surface area contributed by atoms with E-state index in [9.17, 15) is 19.2 Å². The number of ether oxygens (including phenoxy) is 2. The zero-order valence-electron chi connectivity index (χ0n) is 15.0. The SMILES string of the molecule is COc1ccc(/C=C(\C#N)C(=O)O[C@H](C)C(=O)Nc2ccc(F)cc2Cl)cc1. The average molecular weight is 403 g/mol. The van der Waals surface area contributed by atoms with Gasteiger partial charge in [-0.15, -0.1) is 0 Å². The summed E-state index contributed by atoms with van der Waals surface area (Å²) < 4.78 is 23.1. The molecule has 0 fully saturated rings. The second-order valence-corrected chi connectivity index (χ2v) is 6.01.